The maximum Gasteiger partial charge on any atom is 0.130 e. The van der Waals surface area contributed by atoms with Crippen LogP contribution in [0.1, 0.15) is 35.4 Å². The van der Waals surface area contributed by atoms with Gasteiger partial charge in [-0.15, -0.1) is 11.3 Å². The molecule has 4 heteroatoms. The molecule has 0 aliphatic heterocycles. The lowest BCUT2D eigenvalue weighted by atomic mass is 10.1. The third-order valence-electron chi connectivity index (χ3n) is 4.03. The van der Waals surface area contributed by atoms with Crippen molar-refractivity contribution in [3.05, 3.63) is 58.4 Å². The number of nitrogens with zero attached hydrogens (tertiary/aromatic N) is 1. The number of pyridine rings is 1. The van der Waals surface area contributed by atoms with Crippen molar-refractivity contribution in [3.8, 4) is 5.75 Å². The number of benzene rings is 1. The molecule has 3 nitrogen and oxygen atoms in total. The largest absolute Gasteiger partial charge is 0.487 e. The zero-order valence-corrected chi connectivity index (χ0v) is 14.6. The Morgan fingerprint density at radius 3 is 2.67 bits per heavy atom. The molecule has 0 bridgehead atoms. The van der Waals surface area contributed by atoms with Gasteiger partial charge in [0, 0.05) is 27.9 Å². The molecule has 1 N–H and O–H groups in total. The maximum absolute atomic E-state index is 8.79. The molecule has 0 amide bonds. The molecule has 3 aromatic rings. The molecule has 0 spiro atoms. The quantitative estimate of drug-likeness (QED) is 0.559. The summed E-state index contributed by atoms with van der Waals surface area (Å²) < 4.78 is 6.02. The number of aryl methyl sites for hydroxylation is 1. The minimum absolute atomic E-state index is 0.310. The molecule has 0 aliphatic rings. The van der Waals surface area contributed by atoms with Crippen molar-refractivity contribution in [2.45, 2.75) is 38.7 Å². The summed E-state index contributed by atoms with van der Waals surface area (Å²) in [4.78, 5) is 7.03. The molecule has 1 aromatic carbocycles. The van der Waals surface area contributed by atoms with E-state index in [0.29, 0.717) is 13.2 Å². The second kappa shape index (κ2) is 8.81. The van der Waals surface area contributed by atoms with Gasteiger partial charge in [-0.25, -0.2) is 0 Å². The SMILES string of the molecule is OCCCCCCc1ccc(COc2ccnc3ccccc23)s1. The fraction of sp³-hybridized carbons (Fsp3) is 0.350. The monoisotopic (exact) mass is 341 g/mol. The van der Waals surface area contributed by atoms with E-state index in [1.54, 1.807) is 6.20 Å². The molecule has 0 saturated carbocycles. The van der Waals surface area contributed by atoms with Crippen molar-refractivity contribution in [3.63, 3.8) is 0 Å². The number of para-hydroxylation sites is 1. The smallest absolute Gasteiger partial charge is 0.130 e. The highest BCUT2D eigenvalue weighted by molar-refractivity contribution is 7.11. The minimum atomic E-state index is 0.310. The molecule has 0 aliphatic carbocycles. The van der Waals surface area contributed by atoms with Crippen LogP contribution in [0.25, 0.3) is 10.9 Å². The second-order valence-electron chi connectivity index (χ2n) is 5.87. The molecule has 3 rings (SSSR count). The molecule has 0 atom stereocenters. The van der Waals surface area contributed by atoms with Crippen molar-refractivity contribution >= 4 is 22.2 Å². The van der Waals surface area contributed by atoms with E-state index in [4.69, 9.17) is 9.84 Å². The standard InChI is InChI=1S/C20H23NO2S/c22-14-6-2-1-3-7-16-10-11-17(24-16)15-23-20-12-13-21-19-9-5-4-8-18(19)20/h4-5,8-13,22H,1-3,6-7,14-15H2. The third-order valence-corrected chi connectivity index (χ3v) is 5.15. The van der Waals surface area contributed by atoms with Gasteiger partial charge in [-0.3, -0.25) is 4.98 Å². The van der Waals surface area contributed by atoms with Gasteiger partial charge in [-0.05, 0) is 49.6 Å². The van der Waals surface area contributed by atoms with Crippen LogP contribution in [-0.2, 0) is 13.0 Å². The number of fused-ring (bicyclic) bond motifs is 1. The Kier molecular flexibility index (Phi) is 6.21. The lowest BCUT2D eigenvalue weighted by molar-refractivity contribution is 0.282. The van der Waals surface area contributed by atoms with Crippen LogP contribution < -0.4 is 4.74 Å². The summed E-state index contributed by atoms with van der Waals surface area (Å²) in [6, 6.07) is 14.4. The second-order valence-corrected chi connectivity index (χ2v) is 7.12. The van der Waals surface area contributed by atoms with E-state index >= 15 is 0 Å². The van der Waals surface area contributed by atoms with Crippen LogP contribution in [-0.4, -0.2) is 16.7 Å². The molecule has 24 heavy (non-hydrogen) atoms. The first-order valence-electron chi connectivity index (χ1n) is 8.52. The summed E-state index contributed by atoms with van der Waals surface area (Å²) in [5, 5.41) is 9.85. The third kappa shape index (κ3) is 4.56. The number of hydrogen-bond acceptors (Lipinski definition) is 4. The van der Waals surface area contributed by atoms with E-state index in [1.807, 2.05) is 41.7 Å². The number of hydrogen-bond donors (Lipinski definition) is 1. The number of aliphatic hydroxyl groups is 1. The van der Waals surface area contributed by atoms with Gasteiger partial charge in [0.15, 0.2) is 0 Å². The zero-order valence-electron chi connectivity index (χ0n) is 13.8. The van der Waals surface area contributed by atoms with Gasteiger partial charge in [-0.1, -0.05) is 25.0 Å². The number of unbranched alkanes of at least 4 members (excludes halogenated alkanes) is 3. The van der Waals surface area contributed by atoms with E-state index in [9.17, 15) is 0 Å². The normalized spacial score (nSPS) is 11.0. The van der Waals surface area contributed by atoms with Gasteiger partial charge in [0.25, 0.3) is 0 Å². The summed E-state index contributed by atoms with van der Waals surface area (Å²) in [7, 11) is 0. The molecule has 0 saturated heterocycles. The first-order valence-corrected chi connectivity index (χ1v) is 9.33. The fourth-order valence-corrected chi connectivity index (χ4v) is 3.72. The Labute approximate surface area is 146 Å². The lowest BCUT2D eigenvalue weighted by Crippen LogP contribution is -1.94. The molecule has 2 heterocycles. The van der Waals surface area contributed by atoms with E-state index < -0.39 is 0 Å². The number of aromatic nitrogens is 1. The molecule has 2 aromatic heterocycles. The first kappa shape index (κ1) is 16.9. The van der Waals surface area contributed by atoms with Crippen molar-refractivity contribution < 1.29 is 9.84 Å². The van der Waals surface area contributed by atoms with Gasteiger partial charge in [0.1, 0.15) is 12.4 Å². The Bertz CT molecular complexity index is 764. The van der Waals surface area contributed by atoms with Crippen LogP contribution in [0.4, 0.5) is 0 Å². The molecule has 0 radical (unpaired) electrons. The zero-order chi connectivity index (χ0) is 16.6. The Morgan fingerprint density at radius 2 is 1.75 bits per heavy atom. The fourth-order valence-electron chi connectivity index (χ4n) is 2.74. The van der Waals surface area contributed by atoms with Gasteiger partial charge < -0.3 is 9.84 Å². The highest BCUT2D eigenvalue weighted by Gasteiger charge is 2.05. The van der Waals surface area contributed by atoms with Crippen LogP contribution >= 0.6 is 11.3 Å². The average molecular weight is 341 g/mol. The van der Waals surface area contributed by atoms with E-state index in [0.717, 1.165) is 35.9 Å². The number of aliphatic hydroxyl groups excluding tert-OH is 1. The topological polar surface area (TPSA) is 42.4 Å². The van der Waals surface area contributed by atoms with E-state index in [1.165, 1.54) is 22.6 Å². The predicted molar refractivity (Wildman–Crippen MR) is 99.7 cm³/mol. The van der Waals surface area contributed by atoms with Crippen molar-refractivity contribution in [1.29, 1.82) is 0 Å². The highest BCUT2D eigenvalue weighted by atomic mass is 32.1. The van der Waals surface area contributed by atoms with Gasteiger partial charge in [0.2, 0.25) is 0 Å². The van der Waals surface area contributed by atoms with Gasteiger partial charge in [0.05, 0.1) is 5.52 Å². The van der Waals surface area contributed by atoms with Crippen LogP contribution in [0, 0.1) is 0 Å². The predicted octanol–water partition coefficient (Wildman–Crippen LogP) is 4.97. The molecular formula is C20H23NO2S. The summed E-state index contributed by atoms with van der Waals surface area (Å²) in [5.41, 5.74) is 0.963. The number of rotatable bonds is 9. The summed E-state index contributed by atoms with van der Waals surface area (Å²) in [6.45, 7) is 0.910. The Hall–Kier alpha value is -1.91. The minimum Gasteiger partial charge on any atom is -0.487 e. The summed E-state index contributed by atoms with van der Waals surface area (Å²) in [5.74, 6) is 0.888. The summed E-state index contributed by atoms with van der Waals surface area (Å²) >= 11 is 1.83. The van der Waals surface area contributed by atoms with Gasteiger partial charge >= 0.3 is 0 Å². The van der Waals surface area contributed by atoms with Crippen molar-refractivity contribution in [2.24, 2.45) is 0 Å². The Balaban J connectivity index is 1.53. The van der Waals surface area contributed by atoms with Crippen molar-refractivity contribution in [2.75, 3.05) is 6.61 Å². The summed E-state index contributed by atoms with van der Waals surface area (Å²) in [6.07, 6.45) is 7.33. The average Bonchev–Trinajstić information content (AvgIpc) is 3.07. The number of ether oxygens (including phenoxy) is 1. The van der Waals surface area contributed by atoms with E-state index in [2.05, 4.69) is 17.1 Å². The van der Waals surface area contributed by atoms with Crippen LogP contribution in [0.2, 0.25) is 0 Å². The molecule has 0 unspecified atom stereocenters. The molecule has 126 valence electrons. The van der Waals surface area contributed by atoms with Crippen LogP contribution in [0.3, 0.4) is 0 Å². The van der Waals surface area contributed by atoms with Crippen LogP contribution in [0.15, 0.2) is 48.7 Å². The first-order chi connectivity index (χ1) is 11.9. The lowest BCUT2D eigenvalue weighted by Gasteiger charge is -2.07. The maximum atomic E-state index is 8.79. The molecule has 0 fully saturated rings. The Morgan fingerprint density at radius 1 is 0.917 bits per heavy atom. The van der Waals surface area contributed by atoms with Crippen LogP contribution in [0.5, 0.6) is 5.75 Å². The highest BCUT2D eigenvalue weighted by Crippen LogP contribution is 2.26. The van der Waals surface area contributed by atoms with Crippen molar-refractivity contribution in [1.82, 2.24) is 4.98 Å². The number of thiophene rings is 1. The van der Waals surface area contributed by atoms with E-state index in [-0.39, 0.29) is 0 Å². The van der Waals surface area contributed by atoms with Gasteiger partial charge in [-0.2, -0.15) is 0 Å². The molecular weight excluding hydrogens is 318 g/mol.